The van der Waals surface area contributed by atoms with Gasteiger partial charge in [0.15, 0.2) is 8.68 Å². The monoisotopic (exact) mass is 472 g/mol. The van der Waals surface area contributed by atoms with Gasteiger partial charge in [0.25, 0.3) is 5.91 Å². The molecule has 2 amide bonds. The number of carbonyl (C=O) groups excluding carboxylic acids is 2. The molecule has 146 valence electrons. The van der Waals surface area contributed by atoms with E-state index in [1.54, 1.807) is 36.0 Å². The van der Waals surface area contributed by atoms with Crippen molar-refractivity contribution in [1.82, 2.24) is 20.4 Å². The predicted molar refractivity (Wildman–Crippen MR) is 115 cm³/mol. The molecule has 0 aliphatic heterocycles. The highest BCUT2D eigenvalue weighted by Gasteiger charge is 2.14. The lowest BCUT2D eigenvalue weighted by molar-refractivity contribution is -0.113. The van der Waals surface area contributed by atoms with E-state index in [1.165, 1.54) is 34.4 Å². The molecule has 0 atom stereocenters. The molecule has 0 aliphatic rings. The van der Waals surface area contributed by atoms with Gasteiger partial charge in [-0.3, -0.25) is 20.2 Å². The van der Waals surface area contributed by atoms with Crippen LogP contribution in [0.1, 0.15) is 17.3 Å². The average Bonchev–Trinajstić information content (AvgIpc) is 3.30. The molecule has 1 aromatic carbocycles. The number of hydrogen-bond acceptors (Lipinski definition) is 10. The van der Waals surface area contributed by atoms with Gasteiger partial charge in [0.1, 0.15) is 0 Å². The summed E-state index contributed by atoms with van der Waals surface area (Å²) >= 11 is 11.3. The van der Waals surface area contributed by atoms with Crippen LogP contribution in [0.25, 0.3) is 0 Å². The van der Waals surface area contributed by atoms with Crippen molar-refractivity contribution < 1.29 is 9.59 Å². The number of nitrogens with one attached hydrogen (secondary N) is 2. The Balaban J connectivity index is 1.49. The minimum absolute atomic E-state index is 0.142. The highest BCUT2D eigenvalue weighted by atomic mass is 35.5. The van der Waals surface area contributed by atoms with Gasteiger partial charge in [-0.25, -0.2) is 0 Å². The Morgan fingerprint density at radius 1 is 1.00 bits per heavy atom. The minimum atomic E-state index is -0.368. The van der Waals surface area contributed by atoms with Crippen LogP contribution in [-0.4, -0.2) is 43.7 Å². The van der Waals surface area contributed by atoms with Crippen LogP contribution in [0.4, 0.5) is 10.3 Å². The number of anilines is 2. The standard InChI is InChI=1S/C15H13ClN6O2S4/c1-2-25-14-21-19-12(27-14)17-10(23)7-26-15-22-20-13(28-15)18-11(24)8-5-3-4-6-9(8)16/h3-6H,2,7H2,1H3,(H,17,19,23)(H,18,20,24). The van der Waals surface area contributed by atoms with Crippen molar-refractivity contribution in [3.8, 4) is 0 Å². The molecule has 2 N–H and O–H groups in total. The van der Waals surface area contributed by atoms with Crippen LogP contribution in [0.15, 0.2) is 32.9 Å². The Hall–Kier alpha value is -1.73. The maximum Gasteiger partial charge on any atom is 0.259 e. The maximum absolute atomic E-state index is 12.2. The predicted octanol–water partition coefficient (Wildman–Crippen LogP) is 4.14. The molecule has 2 aromatic heterocycles. The first-order valence-corrected chi connectivity index (χ1v) is 11.8. The number of thioether (sulfide) groups is 2. The topological polar surface area (TPSA) is 110 Å². The van der Waals surface area contributed by atoms with Gasteiger partial charge in [-0.05, 0) is 17.9 Å². The van der Waals surface area contributed by atoms with Gasteiger partial charge in [0.2, 0.25) is 16.2 Å². The number of amides is 2. The summed E-state index contributed by atoms with van der Waals surface area (Å²) in [6.07, 6.45) is 0. The zero-order valence-corrected chi connectivity index (χ0v) is 18.4. The minimum Gasteiger partial charge on any atom is -0.300 e. The molecule has 0 aliphatic carbocycles. The van der Waals surface area contributed by atoms with Gasteiger partial charge >= 0.3 is 0 Å². The van der Waals surface area contributed by atoms with Crippen LogP contribution in [0.3, 0.4) is 0 Å². The summed E-state index contributed by atoms with van der Waals surface area (Å²) in [7, 11) is 0. The van der Waals surface area contributed by atoms with Gasteiger partial charge in [0.05, 0.1) is 16.3 Å². The summed E-state index contributed by atoms with van der Waals surface area (Å²) in [4.78, 5) is 24.3. The van der Waals surface area contributed by atoms with Crippen LogP contribution in [0.5, 0.6) is 0 Å². The van der Waals surface area contributed by atoms with Gasteiger partial charge in [-0.2, -0.15) is 0 Å². The first kappa shape index (κ1) is 21.0. The van der Waals surface area contributed by atoms with Crippen LogP contribution in [0.2, 0.25) is 5.02 Å². The summed E-state index contributed by atoms with van der Waals surface area (Å²) < 4.78 is 1.37. The fourth-order valence-corrected chi connectivity index (χ4v) is 5.29. The highest BCUT2D eigenvalue weighted by Crippen LogP contribution is 2.28. The van der Waals surface area contributed by atoms with E-state index in [-0.39, 0.29) is 17.6 Å². The summed E-state index contributed by atoms with van der Waals surface area (Å²) in [6, 6.07) is 6.73. The summed E-state index contributed by atoms with van der Waals surface area (Å²) in [5.74, 6) is 0.451. The molecular weight excluding hydrogens is 460 g/mol. The normalized spacial score (nSPS) is 10.6. The lowest BCUT2D eigenvalue weighted by Crippen LogP contribution is -2.13. The fourth-order valence-electron chi connectivity index (χ4n) is 1.85. The first-order valence-electron chi connectivity index (χ1n) is 7.83. The number of halogens is 1. The first-order chi connectivity index (χ1) is 13.5. The van der Waals surface area contributed by atoms with Crippen molar-refractivity contribution in [2.45, 2.75) is 15.6 Å². The lowest BCUT2D eigenvalue weighted by atomic mass is 10.2. The molecule has 2 heterocycles. The van der Waals surface area contributed by atoms with Crippen LogP contribution >= 0.6 is 57.8 Å². The van der Waals surface area contributed by atoms with E-state index in [2.05, 4.69) is 31.0 Å². The molecule has 3 rings (SSSR count). The SMILES string of the molecule is CCSc1nnc(NC(=O)CSc2nnc(NC(=O)c3ccccc3Cl)s2)s1. The molecule has 0 radical (unpaired) electrons. The summed E-state index contributed by atoms with van der Waals surface area (Å²) in [6.45, 7) is 2.02. The molecule has 0 saturated heterocycles. The van der Waals surface area contributed by atoms with Crippen LogP contribution < -0.4 is 10.6 Å². The second kappa shape index (κ2) is 10.2. The number of benzene rings is 1. The fraction of sp³-hybridized carbons (Fsp3) is 0.200. The molecule has 0 spiro atoms. The zero-order chi connectivity index (χ0) is 19.9. The Morgan fingerprint density at radius 3 is 2.32 bits per heavy atom. The summed E-state index contributed by atoms with van der Waals surface area (Å²) in [5, 5.41) is 22.3. The quantitative estimate of drug-likeness (QED) is 0.372. The molecule has 0 fully saturated rings. The van der Waals surface area contributed by atoms with E-state index in [0.29, 0.717) is 25.2 Å². The molecule has 8 nitrogen and oxygen atoms in total. The molecular formula is C15H13ClN6O2S4. The Kier molecular flexibility index (Phi) is 7.62. The molecule has 3 aromatic rings. The van der Waals surface area contributed by atoms with E-state index >= 15 is 0 Å². The Morgan fingerprint density at radius 2 is 1.64 bits per heavy atom. The molecule has 13 heteroatoms. The van der Waals surface area contributed by atoms with Gasteiger partial charge in [0, 0.05) is 0 Å². The van der Waals surface area contributed by atoms with Crippen molar-refractivity contribution >= 4 is 79.9 Å². The zero-order valence-electron chi connectivity index (χ0n) is 14.3. The number of carbonyl (C=O) groups is 2. The van der Waals surface area contributed by atoms with Crippen molar-refractivity contribution in [3.63, 3.8) is 0 Å². The van der Waals surface area contributed by atoms with Gasteiger partial charge < -0.3 is 0 Å². The third-order valence-corrected chi connectivity index (χ3v) is 7.15. The largest absolute Gasteiger partial charge is 0.300 e. The number of aromatic nitrogens is 4. The van der Waals surface area contributed by atoms with Crippen molar-refractivity contribution in [3.05, 3.63) is 34.9 Å². The number of nitrogens with zero attached hydrogens (tertiary/aromatic N) is 4. The molecule has 0 bridgehead atoms. The van der Waals surface area contributed by atoms with Crippen molar-refractivity contribution in [2.24, 2.45) is 0 Å². The lowest BCUT2D eigenvalue weighted by Gasteiger charge is -2.02. The Bertz CT molecular complexity index is 979. The molecule has 0 unspecified atom stereocenters. The van der Waals surface area contributed by atoms with Crippen LogP contribution in [-0.2, 0) is 4.79 Å². The molecule has 28 heavy (non-hydrogen) atoms. The van der Waals surface area contributed by atoms with E-state index in [4.69, 9.17) is 11.6 Å². The van der Waals surface area contributed by atoms with E-state index in [1.807, 2.05) is 6.92 Å². The Labute approximate surface area is 181 Å². The highest BCUT2D eigenvalue weighted by molar-refractivity contribution is 8.01. The maximum atomic E-state index is 12.2. The van der Waals surface area contributed by atoms with E-state index in [0.717, 1.165) is 10.1 Å². The third kappa shape index (κ3) is 5.88. The van der Waals surface area contributed by atoms with E-state index < -0.39 is 0 Å². The van der Waals surface area contributed by atoms with Gasteiger partial charge in [-0.1, -0.05) is 76.9 Å². The molecule has 0 saturated carbocycles. The number of hydrogen-bond donors (Lipinski definition) is 2. The second-order valence-electron chi connectivity index (χ2n) is 4.95. The average molecular weight is 473 g/mol. The second-order valence-corrected chi connectivity index (χ2v) is 10.0. The van der Waals surface area contributed by atoms with E-state index in [9.17, 15) is 9.59 Å². The van der Waals surface area contributed by atoms with Crippen molar-refractivity contribution in [1.29, 1.82) is 0 Å². The number of rotatable bonds is 8. The summed E-state index contributed by atoms with van der Waals surface area (Å²) in [5.41, 5.74) is 0.352. The third-order valence-electron chi connectivity index (χ3n) is 2.99. The van der Waals surface area contributed by atoms with Crippen molar-refractivity contribution in [2.75, 3.05) is 22.1 Å². The van der Waals surface area contributed by atoms with Gasteiger partial charge in [-0.15, -0.1) is 20.4 Å². The van der Waals surface area contributed by atoms with Crippen LogP contribution in [0, 0.1) is 0 Å². The smallest absolute Gasteiger partial charge is 0.259 e.